The molecule has 0 heterocycles. The van der Waals surface area contributed by atoms with Gasteiger partial charge in [-0.05, 0) is 42.3 Å². The van der Waals surface area contributed by atoms with E-state index in [0.717, 1.165) is 11.1 Å². The standard InChI is InChI=1S/C16H17ClO3/c1-11(18)13-5-8-15(16(9-13)19-2)20-10-12-3-6-14(17)7-4-12/h3-9,11,18H,10H2,1-2H3/t11-/m1/s1. The summed E-state index contributed by atoms with van der Waals surface area (Å²) in [5.74, 6) is 1.25. The molecule has 0 saturated carbocycles. The molecule has 0 fully saturated rings. The van der Waals surface area contributed by atoms with Crippen molar-refractivity contribution in [3.05, 3.63) is 58.6 Å². The van der Waals surface area contributed by atoms with Crippen LogP contribution in [0.15, 0.2) is 42.5 Å². The Morgan fingerprint density at radius 1 is 1.10 bits per heavy atom. The van der Waals surface area contributed by atoms with Crippen molar-refractivity contribution >= 4 is 11.6 Å². The molecule has 20 heavy (non-hydrogen) atoms. The summed E-state index contributed by atoms with van der Waals surface area (Å²) in [4.78, 5) is 0. The number of benzene rings is 2. The van der Waals surface area contributed by atoms with Crippen molar-refractivity contribution in [2.75, 3.05) is 7.11 Å². The Morgan fingerprint density at radius 3 is 2.40 bits per heavy atom. The highest BCUT2D eigenvalue weighted by atomic mass is 35.5. The van der Waals surface area contributed by atoms with E-state index in [1.807, 2.05) is 30.3 Å². The van der Waals surface area contributed by atoms with Crippen LogP contribution in [0.4, 0.5) is 0 Å². The molecule has 2 aromatic rings. The molecule has 1 atom stereocenters. The molecule has 2 rings (SSSR count). The number of aliphatic hydroxyl groups is 1. The van der Waals surface area contributed by atoms with Gasteiger partial charge in [0.25, 0.3) is 0 Å². The van der Waals surface area contributed by atoms with E-state index in [1.54, 1.807) is 26.2 Å². The van der Waals surface area contributed by atoms with Crippen LogP contribution in [-0.4, -0.2) is 12.2 Å². The second kappa shape index (κ2) is 6.64. The van der Waals surface area contributed by atoms with Crippen LogP contribution in [0.2, 0.25) is 5.02 Å². The molecule has 2 aromatic carbocycles. The quantitative estimate of drug-likeness (QED) is 0.906. The Balaban J connectivity index is 2.10. The van der Waals surface area contributed by atoms with Gasteiger partial charge in [-0.25, -0.2) is 0 Å². The van der Waals surface area contributed by atoms with Crippen LogP contribution in [-0.2, 0) is 6.61 Å². The van der Waals surface area contributed by atoms with Crippen molar-refractivity contribution in [1.29, 1.82) is 0 Å². The lowest BCUT2D eigenvalue weighted by Gasteiger charge is -2.13. The molecule has 0 aliphatic rings. The zero-order valence-electron chi connectivity index (χ0n) is 11.5. The molecule has 0 bridgehead atoms. The van der Waals surface area contributed by atoms with Gasteiger partial charge in [0.2, 0.25) is 0 Å². The average Bonchev–Trinajstić information content (AvgIpc) is 2.46. The van der Waals surface area contributed by atoms with Gasteiger partial charge in [0.05, 0.1) is 13.2 Å². The molecule has 0 spiro atoms. The number of halogens is 1. The van der Waals surface area contributed by atoms with Gasteiger partial charge in [-0.15, -0.1) is 0 Å². The fourth-order valence-electron chi connectivity index (χ4n) is 1.80. The predicted molar refractivity (Wildman–Crippen MR) is 79.4 cm³/mol. The summed E-state index contributed by atoms with van der Waals surface area (Å²) < 4.78 is 11.0. The molecule has 0 saturated heterocycles. The molecule has 0 aliphatic carbocycles. The van der Waals surface area contributed by atoms with Gasteiger partial charge in [-0.2, -0.15) is 0 Å². The van der Waals surface area contributed by atoms with Gasteiger partial charge < -0.3 is 14.6 Å². The highest BCUT2D eigenvalue weighted by Crippen LogP contribution is 2.30. The van der Waals surface area contributed by atoms with E-state index in [4.69, 9.17) is 21.1 Å². The molecular formula is C16H17ClO3. The molecule has 4 heteroatoms. The van der Waals surface area contributed by atoms with Crippen LogP contribution in [0.25, 0.3) is 0 Å². The highest BCUT2D eigenvalue weighted by molar-refractivity contribution is 6.30. The molecule has 3 nitrogen and oxygen atoms in total. The maximum absolute atomic E-state index is 9.56. The minimum Gasteiger partial charge on any atom is -0.493 e. The lowest BCUT2D eigenvalue weighted by atomic mass is 10.1. The molecule has 106 valence electrons. The maximum Gasteiger partial charge on any atom is 0.161 e. The lowest BCUT2D eigenvalue weighted by Crippen LogP contribution is -1.99. The van der Waals surface area contributed by atoms with E-state index in [1.165, 1.54) is 0 Å². The Morgan fingerprint density at radius 2 is 1.80 bits per heavy atom. The van der Waals surface area contributed by atoms with Crippen molar-refractivity contribution in [2.45, 2.75) is 19.6 Å². The number of hydrogen-bond donors (Lipinski definition) is 1. The number of ether oxygens (including phenoxy) is 2. The van der Waals surface area contributed by atoms with Crippen LogP contribution in [0.5, 0.6) is 11.5 Å². The van der Waals surface area contributed by atoms with Gasteiger partial charge in [0.1, 0.15) is 6.61 Å². The smallest absolute Gasteiger partial charge is 0.161 e. The van der Waals surface area contributed by atoms with Gasteiger partial charge in [0, 0.05) is 5.02 Å². The van der Waals surface area contributed by atoms with Gasteiger partial charge in [0.15, 0.2) is 11.5 Å². The van der Waals surface area contributed by atoms with E-state index in [-0.39, 0.29) is 0 Å². The molecule has 0 amide bonds. The van der Waals surface area contributed by atoms with Crippen molar-refractivity contribution in [3.8, 4) is 11.5 Å². The fraction of sp³-hybridized carbons (Fsp3) is 0.250. The van der Waals surface area contributed by atoms with E-state index < -0.39 is 6.10 Å². The summed E-state index contributed by atoms with van der Waals surface area (Å²) in [7, 11) is 1.58. The predicted octanol–water partition coefficient (Wildman–Crippen LogP) is 3.98. The van der Waals surface area contributed by atoms with Crippen LogP contribution in [0, 0.1) is 0 Å². The molecule has 0 radical (unpaired) electrons. The number of methoxy groups -OCH3 is 1. The van der Waals surface area contributed by atoms with Crippen molar-refractivity contribution in [3.63, 3.8) is 0 Å². The maximum atomic E-state index is 9.56. The third-order valence-corrected chi connectivity index (χ3v) is 3.23. The summed E-state index contributed by atoms with van der Waals surface area (Å²) in [6.07, 6.45) is -0.533. The first-order valence-corrected chi connectivity index (χ1v) is 6.71. The normalized spacial score (nSPS) is 12.0. The fourth-order valence-corrected chi connectivity index (χ4v) is 1.93. The third-order valence-electron chi connectivity index (χ3n) is 2.98. The summed E-state index contributed by atoms with van der Waals surface area (Å²) in [6.45, 7) is 2.14. The van der Waals surface area contributed by atoms with Crippen molar-refractivity contribution < 1.29 is 14.6 Å². The second-order valence-electron chi connectivity index (χ2n) is 4.50. The molecule has 0 aliphatic heterocycles. The first kappa shape index (κ1) is 14.7. The Kier molecular flexibility index (Phi) is 4.88. The van der Waals surface area contributed by atoms with Crippen molar-refractivity contribution in [2.24, 2.45) is 0 Å². The zero-order chi connectivity index (χ0) is 14.5. The summed E-state index contributed by atoms with van der Waals surface area (Å²) in [5.41, 5.74) is 1.82. The summed E-state index contributed by atoms with van der Waals surface area (Å²) >= 11 is 5.84. The van der Waals surface area contributed by atoms with Gasteiger partial charge in [-0.3, -0.25) is 0 Å². The SMILES string of the molecule is COc1cc([C@@H](C)O)ccc1OCc1ccc(Cl)cc1. The zero-order valence-corrected chi connectivity index (χ0v) is 12.2. The monoisotopic (exact) mass is 292 g/mol. The number of rotatable bonds is 5. The van der Waals surface area contributed by atoms with Gasteiger partial charge >= 0.3 is 0 Å². The van der Waals surface area contributed by atoms with Crippen LogP contribution in [0.3, 0.4) is 0 Å². The summed E-state index contributed by atoms with van der Waals surface area (Å²) in [6, 6.07) is 12.9. The topological polar surface area (TPSA) is 38.7 Å². The van der Waals surface area contributed by atoms with E-state index in [0.29, 0.717) is 23.1 Å². The average molecular weight is 293 g/mol. The third kappa shape index (κ3) is 3.65. The minimum atomic E-state index is -0.533. The first-order chi connectivity index (χ1) is 9.60. The Labute approximate surface area is 123 Å². The molecule has 0 aromatic heterocycles. The highest BCUT2D eigenvalue weighted by Gasteiger charge is 2.09. The molecule has 1 N–H and O–H groups in total. The number of hydrogen-bond acceptors (Lipinski definition) is 3. The Hall–Kier alpha value is -1.71. The van der Waals surface area contributed by atoms with E-state index in [9.17, 15) is 5.11 Å². The summed E-state index contributed by atoms with van der Waals surface area (Å²) in [5, 5.41) is 10.3. The number of aliphatic hydroxyl groups excluding tert-OH is 1. The second-order valence-corrected chi connectivity index (χ2v) is 4.94. The Bertz CT molecular complexity index is 564. The van der Waals surface area contributed by atoms with Gasteiger partial charge in [-0.1, -0.05) is 29.8 Å². The lowest BCUT2D eigenvalue weighted by molar-refractivity contribution is 0.198. The minimum absolute atomic E-state index is 0.432. The van der Waals surface area contributed by atoms with Crippen LogP contribution < -0.4 is 9.47 Å². The first-order valence-electron chi connectivity index (χ1n) is 6.33. The van der Waals surface area contributed by atoms with Crippen molar-refractivity contribution in [1.82, 2.24) is 0 Å². The van der Waals surface area contributed by atoms with E-state index >= 15 is 0 Å². The largest absolute Gasteiger partial charge is 0.493 e. The molecule has 0 unspecified atom stereocenters. The van der Waals surface area contributed by atoms with Crippen LogP contribution in [0.1, 0.15) is 24.2 Å². The van der Waals surface area contributed by atoms with E-state index in [2.05, 4.69) is 0 Å². The molecular weight excluding hydrogens is 276 g/mol. The van der Waals surface area contributed by atoms with Crippen LogP contribution >= 0.6 is 11.6 Å².